The predicted octanol–water partition coefficient (Wildman–Crippen LogP) is 5.28. The molecule has 0 spiro atoms. The molecule has 0 fully saturated rings. The number of hydrogen-bond acceptors (Lipinski definition) is 4. The van der Waals surface area contributed by atoms with Crippen molar-refractivity contribution in [2.24, 2.45) is 0 Å². The summed E-state index contributed by atoms with van der Waals surface area (Å²) in [6, 6.07) is 0.475. The summed E-state index contributed by atoms with van der Waals surface area (Å²) in [4.78, 5) is 12.9. The monoisotopic (exact) mass is 331 g/mol. The van der Waals surface area contributed by atoms with Crippen LogP contribution in [-0.2, 0) is 0 Å². The summed E-state index contributed by atoms with van der Waals surface area (Å²) in [5.41, 5.74) is 7.56. The number of nitrogens with zero attached hydrogens (tertiary/aromatic N) is 4. The van der Waals surface area contributed by atoms with Crippen molar-refractivity contribution in [2.45, 2.75) is 90.5 Å². The summed E-state index contributed by atoms with van der Waals surface area (Å²) in [6.45, 7) is 4.52. The number of fused-ring (bicyclic) bond motifs is 1. The molecule has 2 aromatic rings. The Kier molecular flexibility index (Phi) is 7.99. The zero-order valence-corrected chi connectivity index (χ0v) is 15.4. The minimum atomic E-state index is 0.475. The van der Waals surface area contributed by atoms with Crippen molar-refractivity contribution in [1.82, 2.24) is 19.5 Å². The van der Waals surface area contributed by atoms with Gasteiger partial charge in [0.15, 0.2) is 11.5 Å². The molecule has 24 heavy (non-hydrogen) atoms. The first-order valence-electron chi connectivity index (χ1n) is 9.70. The molecule has 0 bridgehead atoms. The van der Waals surface area contributed by atoms with Gasteiger partial charge in [-0.15, -0.1) is 0 Å². The van der Waals surface area contributed by atoms with E-state index in [4.69, 9.17) is 5.73 Å². The third-order valence-electron chi connectivity index (χ3n) is 4.81. The summed E-state index contributed by atoms with van der Waals surface area (Å²) >= 11 is 0. The third-order valence-corrected chi connectivity index (χ3v) is 4.81. The number of rotatable bonds is 12. The van der Waals surface area contributed by atoms with Crippen LogP contribution in [0.25, 0.3) is 11.2 Å². The number of imidazole rings is 1. The fraction of sp³-hybridized carbons (Fsp3) is 0.737. The predicted molar refractivity (Wildman–Crippen MR) is 101 cm³/mol. The van der Waals surface area contributed by atoms with Crippen molar-refractivity contribution in [2.75, 3.05) is 5.73 Å². The van der Waals surface area contributed by atoms with Gasteiger partial charge in [0.2, 0.25) is 0 Å². The fourth-order valence-electron chi connectivity index (χ4n) is 3.35. The van der Waals surface area contributed by atoms with Gasteiger partial charge in [-0.05, 0) is 12.8 Å². The maximum atomic E-state index is 5.94. The molecule has 0 saturated carbocycles. The maximum Gasteiger partial charge on any atom is 0.165 e. The molecule has 0 aliphatic heterocycles. The van der Waals surface area contributed by atoms with Crippen LogP contribution in [-0.4, -0.2) is 19.5 Å². The van der Waals surface area contributed by atoms with Gasteiger partial charge in [-0.1, -0.05) is 71.6 Å². The highest BCUT2D eigenvalue weighted by atomic mass is 15.1. The van der Waals surface area contributed by atoms with E-state index >= 15 is 0 Å². The molecule has 134 valence electrons. The van der Waals surface area contributed by atoms with Crippen LogP contribution in [0.4, 0.5) is 5.82 Å². The lowest BCUT2D eigenvalue weighted by atomic mass is 10.0. The normalized spacial score (nSPS) is 12.8. The number of hydrogen-bond donors (Lipinski definition) is 1. The molecule has 0 amide bonds. The second kappa shape index (κ2) is 10.3. The van der Waals surface area contributed by atoms with Gasteiger partial charge in [0.25, 0.3) is 0 Å². The van der Waals surface area contributed by atoms with Crippen LogP contribution in [0, 0.1) is 0 Å². The Morgan fingerprint density at radius 3 is 2.17 bits per heavy atom. The van der Waals surface area contributed by atoms with E-state index in [1.807, 2.05) is 6.33 Å². The second-order valence-corrected chi connectivity index (χ2v) is 6.79. The molecule has 1 unspecified atom stereocenters. The van der Waals surface area contributed by atoms with Crippen molar-refractivity contribution in [3.63, 3.8) is 0 Å². The molecule has 2 heterocycles. The number of anilines is 1. The Hall–Kier alpha value is -1.65. The van der Waals surface area contributed by atoms with Crippen molar-refractivity contribution in [1.29, 1.82) is 0 Å². The van der Waals surface area contributed by atoms with Crippen molar-refractivity contribution < 1.29 is 0 Å². The lowest BCUT2D eigenvalue weighted by molar-refractivity contribution is 0.401. The van der Waals surface area contributed by atoms with Gasteiger partial charge in [0.1, 0.15) is 11.8 Å². The van der Waals surface area contributed by atoms with E-state index in [9.17, 15) is 0 Å². The Morgan fingerprint density at radius 1 is 0.875 bits per heavy atom. The quantitative estimate of drug-likeness (QED) is 0.537. The highest BCUT2D eigenvalue weighted by molar-refractivity contribution is 5.81. The maximum absolute atomic E-state index is 5.94. The minimum absolute atomic E-state index is 0.475. The number of nitrogens with two attached hydrogens (primary N) is 1. The summed E-state index contributed by atoms with van der Waals surface area (Å²) in [6.07, 6.45) is 17.6. The minimum Gasteiger partial charge on any atom is -0.382 e. The largest absolute Gasteiger partial charge is 0.382 e. The van der Waals surface area contributed by atoms with Gasteiger partial charge in [-0.25, -0.2) is 15.0 Å². The Balaban J connectivity index is 2.03. The lowest BCUT2D eigenvalue weighted by Gasteiger charge is -2.19. The molecule has 0 saturated heterocycles. The van der Waals surface area contributed by atoms with Gasteiger partial charge in [0.05, 0.1) is 6.33 Å². The van der Waals surface area contributed by atoms with Crippen LogP contribution in [0.3, 0.4) is 0 Å². The molecular formula is C19H33N5. The van der Waals surface area contributed by atoms with Crippen molar-refractivity contribution in [3.05, 3.63) is 12.7 Å². The first kappa shape index (κ1) is 18.7. The molecule has 2 aromatic heterocycles. The van der Waals surface area contributed by atoms with Gasteiger partial charge in [0, 0.05) is 6.04 Å². The first-order chi connectivity index (χ1) is 11.8. The average molecular weight is 332 g/mol. The second-order valence-electron chi connectivity index (χ2n) is 6.79. The van der Waals surface area contributed by atoms with Crippen molar-refractivity contribution in [3.8, 4) is 0 Å². The van der Waals surface area contributed by atoms with E-state index in [2.05, 4.69) is 33.4 Å². The SMILES string of the molecule is CCCCCCCC(CCCCCC)n1cnc2c(N)ncnc21. The Labute approximate surface area is 146 Å². The summed E-state index contributed by atoms with van der Waals surface area (Å²) in [5, 5.41) is 0. The molecule has 5 heteroatoms. The van der Waals surface area contributed by atoms with Gasteiger partial charge in [-0.3, -0.25) is 0 Å². The van der Waals surface area contributed by atoms with Crippen LogP contribution < -0.4 is 5.73 Å². The smallest absolute Gasteiger partial charge is 0.165 e. The molecule has 2 N–H and O–H groups in total. The summed E-state index contributed by atoms with van der Waals surface area (Å²) in [7, 11) is 0. The highest BCUT2D eigenvalue weighted by Crippen LogP contribution is 2.27. The van der Waals surface area contributed by atoms with E-state index in [1.165, 1.54) is 70.6 Å². The highest BCUT2D eigenvalue weighted by Gasteiger charge is 2.16. The van der Waals surface area contributed by atoms with E-state index in [0.29, 0.717) is 11.9 Å². The van der Waals surface area contributed by atoms with Crippen LogP contribution in [0.5, 0.6) is 0 Å². The zero-order valence-electron chi connectivity index (χ0n) is 15.4. The molecule has 0 aromatic carbocycles. The fourth-order valence-corrected chi connectivity index (χ4v) is 3.35. The van der Waals surface area contributed by atoms with Crippen molar-refractivity contribution >= 4 is 17.0 Å². The standard InChI is InChI=1S/C19H33N5/c1-3-5-7-9-11-13-16(12-10-8-6-4-2)24-15-23-17-18(20)21-14-22-19(17)24/h14-16H,3-13H2,1-2H3,(H2,20,21,22). The topological polar surface area (TPSA) is 69.6 Å². The number of unbranched alkanes of at least 4 members (excludes halogenated alkanes) is 7. The molecule has 1 atom stereocenters. The van der Waals surface area contributed by atoms with Gasteiger partial charge < -0.3 is 10.3 Å². The Bertz CT molecular complexity index is 592. The molecule has 2 rings (SSSR count). The lowest BCUT2D eigenvalue weighted by Crippen LogP contribution is -2.09. The Morgan fingerprint density at radius 2 is 1.50 bits per heavy atom. The first-order valence-corrected chi connectivity index (χ1v) is 9.70. The average Bonchev–Trinajstić information content (AvgIpc) is 3.02. The molecule has 0 aliphatic rings. The van der Waals surface area contributed by atoms with E-state index in [-0.39, 0.29) is 0 Å². The third kappa shape index (κ3) is 5.18. The number of aromatic nitrogens is 4. The summed E-state index contributed by atoms with van der Waals surface area (Å²) < 4.78 is 2.24. The van der Waals surface area contributed by atoms with Crippen LogP contribution in [0.2, 0.25) is 0 Å². The van der Waals surface area contributed by atoms with Crippen LogP contribution in [0.15, 0.2) is 12.7 Å². The van der Waals surface area contributed by atoms with E-state index < -0.39 is 0 Å². The zero-order chi connectivity index (χ0) is 17.2. The molecule has 0 aliphatic carbocycles. The van der Waals surface area contributed by atoms with E-state index in [1.54, 1.807) is 6.33 Å². The molecule has 5 nitrogen and oxygen atoms in total. The molecule has 0 radical (unpaired) electrons. The van der Waals surface area contributed by atoms with Crippen LogP contribution >= 0.6 is 0 Å². The number of nitrogen functional groups attached to an aromatic ring is 1. The molecular weight excluding hydrogens is 298 g/mol. The van der Waals surface area contributed by atoms with Gasteiger partial charge in [-0.2, -0.15) is 0 Å². The van der Waals surface area contributed by atoms with E-state index in [0.717, 1.165) is 11.2 Å². The van der Waals surface area contributed by atoms with Crippen LogP contribution in [0.1, 0.15) is 90.5 Å². The van der Waals surface area contributed by atoms with Gasteiger partial charge >= 0.3 is 0 Å². The summed E-state index contributed by atoms with van der Waals surface area (Å²) in [5.74, 6) is 0.478.